The van der Waals surface area contributed by atoms with E-state index < -0.39 is 15.9 Å². The molecule has 0 aliphatic rings. The standard InChI is InChI=1S/C21H22N2O5S/c1-14-10-11-16(21(24)22-15(2)18-9-6-12-28-18)13-20(14)29(25,26)23-17-7-4-5-8-19(17)27-3/h4-13,15,23H,1-3H3,(H,22,24)/t15-/m1/s1. The zero-order valence-corrected chi connectivity index (χ0v) is 17.1. The summed E-state index contributed by atoms with van der Waals surface area (Å²) in [6, 6.07) is 14.4. The smallest absolute Gasteiger partial charge is 0.262 e. The van der Waals surface area contributed by atoms with Crippen molar-refractivity contribution in [3.05, 3.63) is 77.7 Å². The van der Waals surface area contributed by atoms with Crippen molar-refractivity contribution in [2.45, 2.75) is 24.8 Å². The van der Waals surface area contributed by atoms with Crippen molar-refractivity contribution < 1.29 is 22.4 Å². The Morgan fingerprint density at radius 2 is 1.86 bits per heavy atom. The van der Waals surface area contributed by atoms with Crippen molar-refractivity contribution in [3.63, 3.8) is 0 Å². The highest BCUT2D eigenvalue weighted by atomic mass is 32.2. The number of anilines is 1. The van der Waals surface area contributed by atoms with Gasteiger partial charge in [0, 0.05) is 5.56 Å². The Hall–Kier alpha value is -3.26. The average molecular weight is 414 g/mol. The van der Waals surface area contributed by atoms with E-state index >= 15 is 0 Å². The molecular formula is C21H22N2O5S. The van der Waals surface area contributed by atoms with Gasteiger partial charge in [0.15, 0.2) is 0 Å². The fourth-order valence-electron chi connectivity index (χ4n) is 2.85. The maximum atomic E-state index is 13.0. The molecule has 0 aliphatic carbocycles. The van der Waals surface area contributed by atoms with Crippen molar-refractivity contribution in [1.29, 1.82) is 0 Å². The van der Waals surface area contributed by atoms with Crippen LogP contribution in [-0.2, 0) is 10.0 Å². The van der Waals surface area contributed by atoms with Gasteiger partial charge in [-0.3, -0.25) is 9.52 Å². The molecule has 0 unspecified atom stereocenters. The van der Waals surface area contributed by atoms with Crippen LogP contribution in [0.25, 0.3) is 0 Å². The first-order valence-electron chi connectivity index (χ1n) is 8.92. The summed E-state index contributed by atoms with van der Waals surface area (Å²) in [5.41, 5.74) is 1.06. The molecule has 0 fully saturated rings. The Labute approximate surface area is 169 Å². The number of carbonyl (C=O) groups is 1. The second-order valence-corrected chi connectivity index (χ2v) is 8.15. The highest BCUT2D eigenvalue weighted by molar-refractivity contribution is 7.92. The highest BCUT2D eigenvalue weighted by Gasteiger charge is 2.21. The third-order valence-electron chi connectivity index (χ3n) is 4.41. The Morgan fingerprint density at radius 1 is 1.10 bits per heavy atom. The molecule has 3 rings (SSSR count). The topological polar surface area (TPSA) is 97.6 Å². The molecule has 0 spiro atoms. The van der Waals surface area contributed by atoms with Gasteiger partial charge in [0.25, 0.3) is 15.9 Å². The van der Waals surface area contributed by atoms with Crippen LogP contribution in [0.15, 0.2) is 70.2 Å². The van der Waals surface area contributed by atoms with Gasteiger partial charge in [0.1, 0.15) is 11.5 Å². The van der Waals surface area contributed by atoms with Gasteiger partial charge in [-0.15, -0.1) is 0 Å². The SMILES string of the molecule is COc1ccccc1NS(=O)(=O)c1cc(C(=O)N[C@H](C)c2ccco2)ccc1C. The summed E-state index contributed by atoms with van der Waals surface area (Å²) in [4.78, 5) is 12.6. The third-order valence-corrected chi connectivity index (χ3v) is 5.92. The monoisotopic (exact) mass is 414 g/mol. The lowest BCUT2D eigenvalue weighted by Crippen LogP contribution is -2.26. The molecule has 1 aromatic heterocycles. The number of ether oxygens (including phenoxy) is 1. The fraction of sp³-hybridized carbons (Fsp3) is 0.190. The van der Waals surface area contributed by atoms with E-state index in [9.17, 15) is 13.2 Å². The Bertz CT molecular complexity index is 1110. The van der Waals surface area contributed by atoms with E-state index in [1.165, 1.54) is 19.4 Å². The number of benzene rings is 2. The van der Waals surface area contributed by atoms with Crippen LogP contribution in [0.1, 0.15) is 34.6 Å². The number of methoxy groups -OCH3 is 1. The lowest BCUT2D eigenvalue weighted by atomic mass is 10.1. The normalized spacial score (nSPS) is 12.2. The minimum absolute atomic E-state index is 0.0155. The summed E-state index contributed by atoms with van der Waals surface area (Å²) in [7, 11) is -2.47. The van der Waals surface area contributed by atoms with Crippen molar-refractivity contribution in [2.75, 3.05) is 11.8 Å². The van der Waals surface area contributed by atoms with Gasteiger partial charge in [-0.05, 0) is 55.8 Å². The van der Waals surface area contributed by atoms with Crippen molar-refractivity contribution >= 4 is 21.6 Å². The summed E-state index contributed by atoms with van der Waals surface area (Å²) in [5.74, 6) is 0.605. The van der Waals surface area contributed by atoms with Gasteiger partial charge in [0.2, 0.25) is 0 Å². The number of hydrogen-bond acceptors (Lipinski definition) is 5. The molecule has 0 saturated heterocycles. The molecular weight excluding hydrogens is 392 g/mol. The number of furan rings is 1. The molecule has 0 bridgehead atoms. The van der Waals surface area contributed by atoms with Crippen LogP contribution in [-0.4, -0.2) is 21.4 Å². The number of rotatable bonds is 7. The first kappa shape index (κ1) is 20.5. The second-order valence-electron chi connectivity index (χ2n) is 6.50. The molecule has 29 heavy (non-hydrogen) atoms. The Morgan fingerprint density at radius 3 is 2.55 bits per heavy atom. The van der Waals surface area contributed by atoms with Crippen LogP contribution < -0.4 is 14.8 Å². The first-order chi connectivity index (χ1) is 13.8. The maximum Gasteiger partial charge on any atom is 0.262 e. The van der Waals surface area contributed by atoms with E-state index in [1.807, 2.05) is 0 Å². The van der Waals surface area contributed by atoms with E-state index in [1.54, 1.807) is 62.4 Å². The van der Waals surface area contributed by atoms with Crippen LogP contribution in [0, 0.1) is 6.92 Å². The molecule has 8 heteroatoms. The molecule has 0 saturated carbocycles. The first-order valence-corrected chi connectivity index (χ1v) is 10.4. The zero-order chi connectivity index (χ0) is 21.0. The predicted molar refractivity (Wildman–Crippen MR) is 110 cm³/mol. The predicted octanol–water partition coefficient (Wildman–Crippen LogP) is 3.89. The molecule has 1 atom stereocenters. The van der Waals surface area contributed by atoms with E-state index in [2.05, 4.69) is 10.0 Å². The summed E-state index contributed by atoms with van der Waals surface area (Å²) in [6.45, 7) is 3.45. The van der Waals surface area contributed by atoms with Crippen molar-refractivity contribution in [2.24, 2.45) is 0 Å². The Kier molecular flexibility index (Phi) is 5.93. The van der Waals surface area contributed by atoms with Gasteiger partial charge >= 0.3 is 0 Å². The molecule has 1 amide bonds. The van der Waals surface area contributed by atoms with Crippen LogP contribution in [0.4, 0.5) is 5.69 Å². The third kappa shape index (κ3) is 4.60. The molecule has 2 N–H and O–H groups in total. The van der Waals surface area contributed by atoms with E-state index in [-0.39, 0.29) is 16.5 Å². The number of carbonyl (C=O) groups excluding carboxylic acids is 1. The fourth-order valence-corrected chi connectivity index (χ4v) is 4.19. The van der Waals surface area contributed by atoms with Gasteiger partial charge in [0.05, 0.1) is 30.0 Å². The molecule has 2 aromatic carbocycles. The number of nitrogens with one attached hydrogen (secondary N) is 2. The lowest BCUT2D eigenvalue weighted by molar-refractivity contribution is 0.0935. The van der Waals surface area contributed by atoms with Crippen LogP contribution >= 0.6 is 0 Å². The van der Waals surface area contributed by atoms with Crippen LogP contribution in [0.2, 0.25) is 0 Å². The van der Waals surface area contributed by atoms with E-state index in [0.29, 0.717) is 22.8 Å². The molecule has 7 nitrogen and oxygen atoms in total. The lowest BCUT2D eigenvalue weighted by Gasteiger charge is -2.15. The average Bonchev–Trinajstić information content (AvgIpc) is 3.23. The quantitative estimate of drug-likeness (QED) is 0.611. The van der Waals surface area contributed by atoms with Gasteiger partial charge in [-0.1, -0.05) is 18.2 Å². The zero-order valence-electron chi connectivity index (χ0n) is 16.3. The number of hydrogen-bond donors (Lipinski definition) is 2. The summed E-state index contributed by atoms with van der Waals surface area (Å²) >= 11 is 0. The number of para-hydroxylation sites is 2. The Balaban J connectivity index is 1.87. The molecule has 0 radical (unpaired) electrons. The van der Waals surface area contributed by atoms with Crippen LogP contribution in [0.3, 0.4) is 0 Å². The summed E-state index contributed by atoms with van der Waals surface area (Å²) in [5, 5.41) is 2.80. The molecule has 152 valence electrons. The van der Waals surface area contributed by atoms with Gasteiger partial charge < -0.3 is 14.5 Å². The van der Waals surface area contributed by atoms with E-state index in [4.69, 9.17) is 9.15 Å². The van der Waals surface area contributed by atoms with Crippen molar-refractivity contribution in [3.8, 4) is 5.75 Å². The van der Waals surface area contributed by atoms with E-state index in [0.717, 1.165) is 0 Å². The molecule has 1 heterocycles. The second kappa shape index (κ2) is 8.40. The van der Waals surface area contributed by atoms with Crippen molar-refractivity contribution in [1.82, 2.24) is 5.32 Å². The highest BCUT2D eigenvalue weighted by Crippen LogP contribution is 2.27. The van der Waals surface area contributed by atoms with Gasteiger partial charge in [-0.25, -0.2) is 8.42 Å². The number of aryl methyl sites for hydroxylation is 1. The molecule has 0 aliphatic heterocycles. The minimum atomic E-state index is -3.93. The maximum absolute atomic E-state index is 13.0. The van der Waals surface area contributed by atoms with Crippen LogP contribution in [0.5, 0.6) is 5.75 Å². The van der Waals surface area contributed by atoms with Gasteiger partial charge in [-0.2, -0.15) is 0 Å². The number of sulfonamides is 1. The molecule has 3 aromatic rings. The summed E-state index contributed by atoms with van der Waals surface area (Å²) < 4.78 is 38.9. The largest absolute Gasteiger partial charge is 0.495 e. The summed E-state index contributed by atoms with van der Waals surface area (Å²) in [6.07, 6.45) is 1.53. The number of amides is 1. The minimum Gasteiger partial charge on any atom is -0.495 e.